The Morgan fingerprint density at radius 1 is 1.30 bits per heavy atom. The Balaban J connectivity index is 1.72. The third kappa shape index (κ3) is 4.74. The Morgan fingerprint density at radius 2 is 2.00 bits per heavy atom. The zero-order valence-corrected chi connectivity index (χ0v) is 13.1. The predicted molar refractivity (Wildman–Crippen MR) is 80.7 cm³/mol. The topological polar surface area (TPSA) is 41.6 Å². The van der Waals surface area contributed by atoms with Crippen molar-refractivity contribution in [3.63, 3.8) is 0 Å². The number of likely N-dealkylation sites (tertiary alicyclic amines) is 1. The van der Waals surface area contributed by atoms with Crippen LogP contribution in [0.25, 0.3) is 0 Å². The highest BCUT2D eigenvalue weighted by atomic mass is 16.5. The first-order chi connectivity index (χ1) is 9.64. The first-order valence-corrected chi connectivity index (χ1v) is 8.31. The third-order valence-electron chi connectivity index (χ3n) is 4.43. The van der Waals surface area contributed by atoms with Gasteiger partial charge in [0.2, 0.25) is 0 Å². The average Bonchev–Trinajstić information content (AvgIpc) is 3.07. The van der Waals surface area contributed by atoms with Crippen LogP contribution in [0.4, 0.5) is 0 Å². The number of hydrogen-bond acceptors (Lipinski definition) is 4. The van der Waals surface area contributed by atoms with Crippen LogP contribution >= 0.6 is 0 Å². The number of unbranched alkanes of at least 4 members (excludes halogenated alkanes) is 1. The van der Waals surface area contributed by atoms with Gasteiger partial charge in [-0.3, -0.25) is 10.1 Å². The molecule has 0 spiro atoms. The van der Waals surface area contributed by atoms with E-state index in [1.807, 2.05) is 13.8 Å². The Morgan fingerprint density at radius 3 is 2.60 bits per heavy atom. The van der Waals surface area contributed by atoms with Crippen molar-refractivity contribution in [1.29, 1.82) is 0 Å². The highest BCUT2D eigenvalue weighted by molar-refractivity contribution is 5.80. The molecule has 20 heavy (non-hydrogen) atoms. The molecule has 1 heterocycles. The maximum atomic E-state index is 12.2. The number of rotatable bonds is 9. The fourth-order valence-electron chi connectivity index (χ4n) is 3.02. The van der Waals surface area contributed by atoms with Gasteiger partial charge in [-0.1, -0.05) is 0 Å². The number of nitrogens with one attached hydrogen (secondary N) is 1. The van der Waals surface area contributed by atoms with Crippen molar-refractivity contribution in [1.82, 2.24) is 10.2 Å². The molecule has 4 nitrogen and oxygen atoms in total. The summed E-state index contributed by atoms with van der Waals surface area (Å²) in [7, 11) is 0. The van der Waals surface area contributed by atoms with Crippen molar-refractivity contribution < 1.29 is 9.53 Å². The van der Waals surface area contributed by atoms with Crippen LogP contribution in [0.2, 0.25) is 0 Å². The Bertz CT molecular complexity index is 312. The second-order valence-electron chi connectivity index (χ2n) is 6.48. The summed E-state index contributed by atoms with van der Waals surface area (Å²) in [6, 6.07) is 0.531. The molecule has 0 aromatic carbocycles. The van der Waals surface area contributed by atoms with Gasteiger partial charge >= 0.3 is 5.97 Å². The van der Waals surface area contributed by atoms with Gasteiger partial charge in [-0.15, -0.1) is 0 Å². The van der Waals surface area contributed by atoms with E-state index in [4.69, 9.17) is 4.74 Å². The molecule has 1 N–H and O–H groups in total. The zero-order chi connectivity index (χ0) is 14.4. The van der Waals surface area contributed by atoms with Crippen LogP contribution in [0.1, 0.15) is 58.8 Å². The van der Waals surface area contributed by atoms with Gasteiger partial charge in [0.05, 0.1) is 6.61 Å². The summed E-state index contributed by atoms with van der Waals surface area (Å²) in [4.78, 5) is 14.7. The summed E-state index contributed by atoms with van der Waals surface area (Å²) in [6.07, 6.45) is 8.25. The van der Waals surface area contributed by atoms with Gasteiger partial charge in [-0.25, -0.2) is 0 Å². The molecule has 1 aliphatic heterocycles. The summed E-state index contributed by atoms with van der Waals surface area (Å²) in [5.74, 6) is -0.0759. The van der Waals surface area contributed by atoms with E-state index in [2.05, 4.69) is 10.2 Å². The minimum absolute atomic E-state index is 0.0759. The normalized spacial score (nSPS) is 22.7. The quantitative estimate of drug-likeness (QED) is 0.520. The molecule has 116 valence electrons. The molecule has 2 rings (SSSR count). The van der Waals surface area contributed by atoms with Gasteiger partial charge in [0.25, 0.3) is 0 Å². The van der Waals surface area contributed by atoms with E-state index in [9.17, 15) is 4.79 Å². The van der Waals surface area contributed by atoms with E-state index < -0.39 is 5.54 Å². The number of ether oxygens (including phenoxy) is 1. The highest BCUT2D eigenvalue weighted by Crippen LogP contribution is 2.26. The number of carbonyl (C=O) groups excluding carboxylic acids is 1. The van der Waals surface area contributed by atoms with E-state index >= 15 is 0 Å². The molecular formula is C16H30N2O2. The summed E-state index contributed by atoms with van der Waals surface area (Å²) in [6.45, 7) is 8.06. The lowest BCUT2D eigenvalue weighted by atomic mass is 9.94. The molecule has 2 aliphatic rings. The van der Waals surface area contributed by atoms with Crippen LogP contribution < -0.4 is 5.32 Å². The lowest BCUT2D eigenvalue weighted by molar-refractivity contribution is -0.151. The second-order valence-corrected chi connectivity index (χ2v) is 6.48. The number of hydrogen-bond donors (Lipinski definition) is 1. The molecule has 0 bridgehead atoms. The van der Waals surface area contributed by atoms with E-state index in [0.29, 0.717) is 12.6 Å². The van der Waals surface area contributed by atoms with Crippen molar-refractivity contribution in [2.45, 2.75) is 70.4 Å². The largest absolute Gasteiger partial charge is 0.465 e. The van der Waals surface area contributed by atoms with Crippen LogP contribution in [0, 0.1) is 0 Å². The molecule has 0 amide bonds. The summed E-state index contributed by atoms with van der Waals surface area (Å²) < 4.78 is 5.25. The molecule has 1 unspecified atom stereocenters. The molecule has 1 aliphatic carbocycles. The van der Waals surface area contributed by atoms with Crippen LogP contribution in [0.3, 0.4) is 0 Å². The van der Waals surface area contributed by atoms with E-state index in [-0.39, 0.29) is 5.97 Å². The molecule has 4 heteroatoms. The van der Waals surface area contributed by atoms with E-state index in [1.54, 1.807) is 0 Å². The smallest absolute Gasteiger partial charge is 0.326 e. The third-order valence-corrected chi connectivity index (χ3v) is 4.43. The van der Waals surface area contributed by atoms with Gasteiger partial charge < -0.3 is 9.64 Å². The molecule has 0 aromatic heterocycles. The van der Waals surface area contributed by atoms with E-state index in [0.717, 1.165) is 12.8 Å². The Hall–Kier alpha value is -0.610. The van der Waals surface area contributed by atoms with Crippen molar-refractivity contribution >= 4 is 5.97 Å². The van der Waals surface area contributed by atoms with Gasteiger partial charge in [-0.2, -0.15) is 0 Å². The Labute approximate surface area is 123 Å². The van der Waals surface area contributed by atoms with Crippen LogP contribution in [0.5, 0.6) is 0 Å². The molecule has 1 atom stereocenters. The highest BCUT2D eigenvalue weighted by Gasteiger charge is 2.39. The molecule has 1 saturated carbocycles. The van der Waals surface area contributed by atoms with Crippen LogP contribution in [0.15, 0.2) is 0 Å². The number of nitrogens with zero attached hydrogens (tertiary/aromatic N) is 1. The fraction of sp³-hybridized carbons (Fsp3) is 0.938. The van der Waals surface area contributed by atoms with Crippen molar-refractivity contribution in [2.75, 3.05) is 26.2 Å². The first-order valence-electron chi connectivity index (χ1n) is 8.31. The lowest BCUT2D eigenvalue weighted by Gasteiger charge is -2.29. The molecular weight excluding hydrogens is 252 g/mol. The Kier molecular flexibility index (Phi) is 5.85. The minimum atomic E-state index is -0.484. The van der Waals surface area contributed by atoms with Gasteiger partial charge in [0.15, 0.2) is 0 Å². The molecule has 1 saturated heterocycles. The van der Waals surface area contributed by atoms with Crippen molar-refractivity contribution in [2.24, 2.45) is 0 Å². The second kappa shape index (κ2) is 7.41. The average molecular weight is 282 g/mol. The maximum absolute atomic E-state index is 12.2. The fourth-order valence-corrected chi connectivity index (χ4v) is 3.02. The van der Waals surface area contributed by atoms with Crippen molar-refractivity contribution in [3.8, 4) is 0 Å². The summed E-state index contributed by atoms with van der Waals surface area (Å²) >= 11 is 0. The SMILES string of the molecule is CCOC(=O)C(C)(CCCCN1CCCC1)NC1CC1. The predicted octanol–water partition coefficient (Wildman–Crippen LogP) is 2.33. The van der Waals surface area contributed by atoms with Gasteiger partial charge in [0.1, 0.15) is 5.54 Å². The lowest BCUT2D eigenvalue weighted by Crippen LogP contribution is -2.51. The summed E-state index contributed by atoms with van der Waals surface area (Å²) in [5, 5.41) is 3.49. The maximum Gasteiger partial charge on any atom is 0.326 e. The minimum Gasteiger partial charge on any atom is -0.465 e. The summed E-state index contributed by atoms with van der Waals surface area (Å²) in [5.41, 5.74) is -0.484. The number of esters is 1. The van der Waals surface area contributed by atoms with E-state index in [1.165, 1.54) is 51.7 Å². The molecule has 0 aromatic rings. The van der Waals surface area contributed by atoms with Crippen molar-refractivity contribution in [3.05, 3.63) is 0 Å². The molecule has 0 radical (unpaired) electrons. The monoisotopic (exact) mass is 282 g/mol. The standard InChI is InChI=1S/C16H30N2O2/c1-3-20-15(19)16(2,17-14-8-9-14)10-4-5-11-18-12-6-7-13-18/h14,17H,3-13H2,1-2H3. The molecule has 2 fully saturated rings. The van der Waals surface area contributed by atoms with Gasteiger partial charge in [0, 0.05) is 6.04 Å². The van der Waals surface area contributed by atoms with Gasteiger partial charge in [-0.05, 0) is 78.4 Å². The van der Waals surface area contributed by atoms with Crippen LogP contribution in [-0.2, 0) is 9.53 Å². The van der Waals surface area contributed by atoms with Crippen LogP contribution in [-0.4, -0.2) is 48.7 Å². The zero-order valence-electron chi connectivity index (χ0n) is 13.1. The number of carbonyl (C=O) groups is 1. The first kappa shape index (κ1) is 15.8.